The van der Waals surface area contributed by atoms with Gasteiger partial charge in [-0.25, -0.2) is 4.39 Å². The van der Waals surface area contributed by atoms with E-state index in [0.29, 0.717) is 37.5 Å². The molecule has 1 aromatic heterocycles. The van der Waals surface area contributed by atoms with Crippen LogP contribution in [0.15, 0.2) is 41.3 Å². The number of hydrogen-bond acceptors (Lipinski definition) is 3. The minimum atomic E-state index is -4.66. The van der Waals surface area contributed by atoms with Crippen molar-refractivity contribution >= 4 is 11.6 Å². The fraction of sp³-hybridized carbons (Fsp3) is 0.333. The van der Waals surface area contributed by atoms with Crippen molar-refractivity contribution in [2.45, 2.75) is 12.6 Å². The summed E-state index contributed by atoms with van der Waals surface area (Å²) in [5.41, 5.74) is -2.10. The van der Waals surface area contributed by atoms with Crippen LogP contribution >= 0.6 is 0 Å². The Morgan fingerprint density at radius 1 is 1.30 bits per heavy atom. The molecule has 0 bridgehead atoms. The van der Waals surface area contributed by atoms with Crippen LogP contribution < -0.4 is 15.8 Å². The van der Waals surface area contributed by atoms with Crippen molar-refractivity contribution in [3.05, 3.63) is 63.8 Å². The molecule has 27 heavy (non-hydrogen) atoms. The number of rotatable bonds is 4. The van der Waals surface area contributed by atoms with E-state index in [4.69, 9.17) is 0 Å². The van der Waals surface area contributed by atoms with Gasteiger partial charge >= 0.3 is 6.18 Å². The van der Waals surface area contributed by atoms with E-state index in [0.717, 1.165) is 0 Å². The number of H-pyrrole nitrogens is 1. The van der Waals surface area contributed by atoms with Crippen molar-refractivity contribution in [3.63, 3.8) is 0 Å². The van der Waals surface area contributed by atoms with Crippen LogP contribution in [0.5, 0.6) is 0 Å². The first-order valence-corrected chi connectivity index (χ1v) is 8.33. The van der Waals surface area contributed by atoms with Gasteiger partial charge in [-0.1, -0.05) is 12.1 Å². The normalized spacial score (nSPS) is 17.2. The Hall–Kier alpha value is -2.84. The van der Waals surface area contributed by atoms with Crippen LogP contribution in [0.1, 0.15) is 22.3 Å². The van der Waals surface area contributed by atoms with Crippen molar-refractivity contribution in [2.24, 2.45) is 5.92 Å². The molecule has 1 aliphatic rings. The Kier molecular flexibility index (Phi) is 5.20. The van der Waals surface area contributed by atoms with Gasteiger partial charge in [-0.2, -0.15) is 13.2 Å². The number of pyridine rings is 1. The van der Waals surface area contributed by atoms with Crippen LogP contribution in [0.4, 0.5) is 23.2 Å². The molecule has 5 nitrogen and oxygen atoms in total. The van der Waals surface area contributed by atoms with E-state index >= 15 is 0 Å². The molecule has 1 aromatic carbocycles. The zero-order valence-corrected chi connectivity index (χ0v) is 14.1. The Morgan fingerprint density at radius 3 is 2.74 bits per heavy atom. The highest BCUT2D eigenvalue weighted by atomic mass is 19.4. The van der Waals surface area contributed by atoms with Gasteiger partial charge in [0.05, 0.1) is 11.3 Å². The highest BCUT2D eigenvalue weighted by Crippen LogP contribution is 2.28. The number of nitrogens with one attached hydrogen (secondary N) is 2. The first kappa shape index (κ1) is 18.9. The smallest absolute Gasteiger partial charge is 0.369 e. The molecular weight excluding hydrogens is 366 g/mol. The van der Waals surface area contributed by atoms with Gasteiger partial charge in [0.2, 0.25) is 0 Å². The lowest BCUT2D eigenvalue weighted by Crippen LogP contribution is -2.34. The van der Waals surface area contributed by atoms with Crippen molar-refractivity contribution in [1.29, 1.82) is 0 Å². The van der Waals surface area contributed by atoms with E-state index in [2.05, 4.69) is 5.32 Å². The molecule has 1 atom stereocenters. The second kappa shape index (κ2) is 7.42. The fourth-order valence-electron chi connectivity index (χ4n) is 3.07. The van der Waals surface area contributed by atoms with E-state index in [1.807, 2.05) is 9.88 Å². The summed E-state index contributed by atoms with van der Waals surface area (Å²) in [7, 11) is 0. The molecule has 0 aliphatic carbocycles. The Balaban J connectivity index is 1.62. The van der Waals surface area contributed by atoms with Gasteiger partial charge in [0.15, 0.2) is 0 Å². The SMILES string of the molecule is O=C(NCC1CCN(c2ccccc2F)C1)c1cc(C(F)(F)F)c[nH]c1=O. The van der Waals surface area contributed by atoms with Crippen LogP contribution in [0.2, 0.25) is 0 Å². The van der Waals surface area contributed by atoms with Gasteiger partial charge < -0.3 is 15.2 Å². The van der Waals surface area contributed by atoms with E-state index in [1.165, 1.54) is 6.07 Å². The quantitative estimate of drug-likeness (QED) is 0.798. The maximum absolute atomic E-state index is 13.8. The van der Waals surface area contributed by atoms with E-state index in [9.17, 15) is 27.2 Å². The third kappa shape index (κ3) is 4.29. The summed E-state index contributed by atoms with van der Waals surface area (Å²) in [6, 6.07) is 6.89. The number of aromatic amines is 1. The molecule has 1 fully saturated rings. The molecule has 9 heteroatoms. The summed E-state index contributed by atoms with van der Waals surface area (Å²) in [5, 5.41) is 2.50. The molecule has 0 radical (unpaired) electrons. The van der Waals surface area contributed by atoms with Gasteiger partial charge in [-0.3, -0.25) is 9.59 Å². The third-order valence-electron chi connectivity index (χ3n) is 4.51. The number of aromatic nitrogens is 1. The van der Waals surface area contributed by atoms with Crippen LogP contribution in [0.25, 0.3) is 0 Å². The third-order valence-corrected chi connectivity index (χ3v) is 4.51. The summed E-state index contributed by atoms with van der Waals surface area (Å²) < 4.78 is 52.1. The molecule has 2 N–H and O–H groups in total. The van der Waals surface area contributed by atoms with Crippen molar-refractivity contribution in [2.75, 3.05) is 24.5 Å². The molecule has 0 saturated carbocycles. The second-order valence-electron chi connectivity index (χ2n) is 6.39. The van der Waals surface area contributed by atoms with Crippen LogP contribution in [-0.2, 0) is 6.18 Å². The number of amides is 1. The largest absolute Gasteiger partial charge is 0.417 e. The Bertz CT molecular complexity index is 895. The fourth-order valence-corrected chi connectivity index (χ4v) is 3.07. The van der Waals surface area contributed by atoms with Crippen LogP contribution in [0.3, 0.4) is 0 Å². The number of alkyl halides is 3. The molecule has 1 unspecified atom stereocenters. The van der Waals surface area contributed by atoms with E-state index in [1.54, 1.807) is 18.2 Å². The summed E-state index contributed by atoms with van der Waals surface area (Å²) >= 11 is 0. The zero-order chi connectivity index (χ0) is 19.6. The molecule has 3 rings (SSSR count). The number of benzene rings is 1. The molecular formula is C18H17F4N3O2. The molecule has 2 aromatic rings. The van der Waals surface area contributed by atoms with Crippen molar-refractivity contribution in [1.82, 2.24) is 10.3 Å². The molecule has 1 aliphatic heterocycles. The summed E-state index contributed by atoms with van der Waals surface area (Å²) in [6.45, 7) is 1.28. The number of anilines is 1. The number of hydrogen-bond donors (Lipinski definition) is 2. The van der Waals surface area contributed by atoms with E-state index < -0.39 is 28.8 Å². The monoisotopic (exact) mass is 383 g/mol. The average molecular weight is 383 g/mol. The summed E-state index contributed by atoms with van der Waals surface area (Å²) in [6.07, 6.45) is -3.44. The number of para-hydroxylation sites is 1. The van der Waals surface area contributed by atoms with Gasteiger partial charge in [-0.15, -0.1) is 0 Å². The van der Waals surface area contributed by atoms with Crippen LogP contribution in [0, 0.1) is 11.7 Å². The maximum Gasteiger partial charge on any atom is 0.417 e. The highest BCUT2D eigenvalue weighted by molar-refractivity contribution is 5.93. The topological polar surface area (TPSA) is 65.2 Å². The number of nitrogens with zero attached hydrogens (tertiary/aromatic N) is 1. The Labute approximate surface area is 152 Å². The maximum atomic E-state index is 13.8. The Morgan fingerprint density at radius 2 is 2.04 bits per heavy atom. The minimum Gasteiger partial charge on any atom is -0.369 e. The standard InChI is InChI=1S/C18H17F4N3O2/c19-14-3-1-2-4-15(14)25-6-5-11(10-25)8-23-16(26)13-7-12(18(20,21)22)9-24-17(13)27/h1-4,7,9,11H,5-6,8,10H2,(H,23,26)(H,24,27). The van der Waals surface area contributed by atoms with Gasteiger partial charge in [-0.05, 0) is 30.5 Å². The zero-order valence-electron chi connectivity index (χ0n) is 14.1. The molecule has 144 valence electrons. The molecule has 0 spiro atoms. The van der Waals surface area contributed by atoms with Gasteiger partial charge in [0.25, 0.3) is 11.5 Å². The molecule has 1 amide bonds. The predicted octanol–water partition coefficient (Wildman–Crippen LogP) is 2.79. The van der Waals surface area contributed by atoms with Crippen LogP contribution in [-0.4, -0.2) is 30.5 Å². The predicted molar refractivity (Wildman–Crippen MR) is 91.1 cm³/mol. The molecule has 1 saturated heterocycles. The first-order valence-electron chi connectivity index (χ1n) is 8.33. The van der Waals surface area contributed by atoms with Gasteiger partial charge in [0, 0.05) is 25.8 Å². The van der Waals surface area contributed by atoms with E-state index in [-0.39, 0.29) is 18.3 Å². The summed E-state index contributed by atoms with van der Waals surface area (Å²) in [5.74, 6) is -1.21. The number of carbonyl (C=O) groups is 1. The summed E-state index contributed by atoms with van der Waals surface area (Å²) in [4.78, 5) is 27.6. The number of carbonyl (C=O) groups excluding carboxylic acids is 1. The highest BCUT2D eigenvalue weighted by Gasteiger charge is 2.32. The van der Waals surface area contributed by atoms with Gasteiger partial charge in [0.1, 0.15) is 11.4 Å². The lowest BCUT2D eigenvalue weighted by molar-refractivity contribution is -0.137. The second-order valence-corrected chi connectivity index (χ2v) is 6.39. The lowest BCUT2D eigenvalue weighted by atomic mass is 10.1. The first-order chi connectivity index (χ1) is 12.8. The lowest BCUT2D eigenvalue weighted by Gasteiger charge is -2.19. The minimum absolute atomic E-state index is 0.00145. The number of halogens is 4. The van der Waals surface area contributed by atoms with Crippen molar-refractivity contribution < 1.29 is 22.4 Å². The van der Waals surface area contributed by atoms with Crippen molar-refractivity contribution in [3.8, 4) is 0 Å². The molecule has 2 heterocycles. The average Bonchev–Trinajstić information content (AvgIpc) is 3.08.